The minimum absolute atomic E-state index is 0. The van der Waals surface area contributed by atoms with Gasteiger partial charge in [0.15, 0.2) is 0 Å². The molecule has 30 heavy (non-hydrogen) atoms. The van der Waals surface area contributed by atoms with Gasteiger partial charge in [-0.1, -0.05) is 11.3 Å². The summed E-state index contributed by atoms with van der Waals surface area (Å²) in [5.74, 6) is 0.369. The van der Waals surface area contributed by atoms with Crippen LogP contribution >= 0.6 is 0 Å². The smallest absolute Gasteiger partial charge is 0.350 e. The first-order chi connectivity index (χ1) is 13.9. The van der Waals surface area contributed by atoms with Crippen LogP contribution in [-0.4, -0.2) is 29.3 Å². The predicted octanol–water partition coefficient (Wildman–Crippen LogP) is 0.955. The number of nitrogens with zero attached hydrogens (tertiary/aromatic N) is 3. The minimum Gasteiger partial charge on any atom is -0.350 e. The van der Waals surface area contributed by atoms with E-state index in [-0.39, 0.29) is 34.4 Å². The summed E-state index contributed by atoms with van der Waals surface area (Å²) in [7, 11) is -3.79. The van der Waals surface area contributed by atoms with Crippen LogP contribution in [-0.2, 0) is 38.4 Å². The molecule has 0 unspecified atom stereocenters. The van der Waals surface area contributed by atoms with Crippen LogP contribution in [0.4, 0.5) is 0 Å². The minimum atomic E-state index is -3.79. The van der Waals surface area contributed by atoms with Crippen molar-refractivity contribution in [2.45, 2.75) is 11.4 Å². The average molecular weight is 465 g/mol. The van der Waals surface area contributed by atoms with E-state index in [1.807, 2.05) is 32.1 Å². The van der Waals surface area contributed by atoms with Crippen LogP contribution in [0.2, 0.25) is 0 Å². The van der Waals surface area contributed by atoms with Crippen molar-refractivity contribution >= 4 is 15.9 Å². The Bertz CT molecular complexity index is 914. The second-order valence-corrected chi connectivity index (χ2v) is 7.58. The molecule has 1 heterocycles. The number of nitrogens with two attached hydrogens (primary N) is 1. The molecule has 2 aliphatic carbocycles. The van der Waals surface area contributed by atoms with E-state index in [1.54, 1.807) is 44.0 Å². The van der Waals surface area contributed by atoms with Gasteiger partial charge in [0.25, 0.3) is 0 Å². The summed E-state index contributed by atoms with van der Waals surface area (Å²) >= 11 is 0. The Hall–Kier alpha value is -1.74. The van der Waals surface area contributed by atoms with Crippen molar-refractivity contribution in [3.05, 3.63) is 99.9 Å². The topological polar surface area (TPSA) is 120 Å². The van der Waals surface area contributed by atoms with Gasteiger partial charge in [-0.2, -0.15) is 0 Å². The zero-order valence-corrected chi connectivity index (χ0v) is 17.6. The van der Waals surface area contributed by atoms with Crippen LogP contribution in [0.25, 0.3) is 5.69 Å². The third kappa shape index (κ3) is 7.19. The monoisotopic (exact) mass is 465 g/mol. The summed E-state index contributed by atoms with van der Waals surface area (Å²) in [4.78, 5) is 11.9. The molecule has 1 aromatic heterocycles. The van der Waals surface area contributed by atoms with Crippen molar-refractivity contribution in [1.82, 2.24) is 20.3 Å². The van der Waals surface area contributed by atoms with Gasteiger partial charge in [-0.15, -0.1) is 5.10 Å². The van der Waals surface area contributed by atoms with E-state index in [0.717, 1.165) is 0 Å². The van der Waals surface area contributed by atoms with Crippen molar-refractivity contribution in [3.63, 3.8) is 0 Å². The van der Waals surface area contributed by atoms with E-state index in [2.05, 4.69) is 15.6 Å². The molecule has 154 valence electrons. The van der Waals surface area contributed by atoms with E-state index in [4.69, 9.17) is 5.14 Å². The second kappa shape index (κ2) is 11.6. The number of hydrogen-bond donors (Lipinski definition) is 2. The van der Waals surface area contributed by atoms with Gasteiger partial charge in [0, 0.05) is 0 Å². The van der Waals surface area contributed by atoms with E-state index >= 15 is 0 Å². The number of primary sulfonamides is 1. The fourth-order valence-corrected chi connectivity index (χ4v) is 2.98. The zero-order chi connectivity index (χ0) is 20.7. The second-order valence-electron chi connectivity index (χ2n) is 6.02. The Morgan fingerprint density at radius 3 is 2.27 bits per heavy atom. The zero-order valence-electron chi connectivity index (χ0n) is 15.7. The summed E-state index contributed by atoms with van der Waals surface area (Å²) in [5.41, 5.74) is 1.04. The van der Waals surface area contributed by atoms with Gasteiger partial charge in [-0.25, -0.2) is 18.2 Å². The van der Waals surface area contributed by atoms with Crippen molar-refractivity contribution in [3.8, 4) is 5.69 Å². The summed E-state index contributed by atoms with van der Waals surface area (Å²) in [6, 6.07) is 6.04. The van der Waals surface area contributed by atoms with Crippen LogP contribution in [0, 0.1) is 63.7 Å². The first kappa shape index (κ1) is 24.5. The number of aromatic nitrogens is 3. The average Bonchev–Trinajstić information content (AvgIpc) is 3.49. The first-order valence-electron chi connectivity index (χ1n) is 8.64. The maximum atomic E-state index is 11.9. The number of carbonyl (C=O) groups excluding carboxylic acids is 1. The fraction of sp³-hybridized carbons (Fsp3) is 0.0500. The van der Waals surface area contributed by atoms with Crippen LogP contribution in [0.15, 0.2) is 35.4 Å². The number of sulfonamides is 1. The molecular formula is C20H19FeN5O3S+2. The van der Waals surface area contributed by atoms with Crippen molar-refractivity contribution in [2.75, 3.05) is 0 Å². The third-order valence-electron chi connectivity index (χ3n) is 3.86. The molecule has 1 aromatic carbocycles. The molecule has 2 fully saturated rings. The molecule has 4 rings (SSSR count). The van der Waals surface area contributed by atoms with E-state index in [0.29, 0.717) is 17.3 Å². The Labute approximate surface area is 188 Å². The van der Waals surface area contributed by atoms with Crippen LogP contribution in [0.3, 0.4) is 0 Å². The molecule has 0 aliphatic heterocycles. The molecule has 8 nitrogen and oxygen atoms in total. The van der Waals surface area contributed by atoms with Crippen LogP contribution in [0.5, 0.6) is 0 Å². The number of hydrogen-bond acceptors (Lipinski definition) is 5. The van der Waals surface area contributed by atoms with E-state index in [9.17, 15) is 13.2 Å². The SMILES string of the molecule is NS(=O)(=O)c1cccc(-n2cc(CNC(=O)[C]3[CH][CH][CH][CH]3)nn2)c1.[CH]1[CH][CH][CH][CH]1.[Fe+2]. The predicted molar refractivity (Wildman–Crippen MR) is 107 cm³/mol. The van der Waals surface area contributed by atoms with Crippen molar-refractivity contribution in [2.24, 2.45) is 5.14 Å². The number of rotatable bonds is 5. The normalized spacial score (nSPS) is 16.4. The summed E-state index contributed by atoms with van der Waals surface area (Å²) < 4.78 is 24.2. The molecular weight excluding hydrogens is 446 g/mol. The number of nitrogens with one attached hydrogen (secondary N) is 1. The molecule has 0 spiro atoms. The Balaban J connectivity index is 0.000000468. The van der Waals surface area contributed by atoms with Crippen LogP contribution < -0.4 is 10.5 Å². The molecule has 0 saturated heterocycles. The summed E-state index contributed by atoms with van der Waals surface area (Å²) in [5, 5.41) is 15.7. The first-order valence-corrected chi connectivity index (χ1v) is 10.2. The molecule has 10 radical (unpaired) electrons. The number of carbonyl (C=O) groups is 1. The van der Waals surface area contributed by atoms with Gasteiger partial charge in [-0.05, 0) is 76.0 Å². The summed E-state index contributed by atoms with van der Waals surface area (Å²) in [6.07, 6.45) is 18.6. The fourth-order valence-electron chi connectivity index (χ4n) is 2.43. The molecule has 3 N–H and O–H groups in total. The van der Waals surface area contributed by atoms with E-state index < -0.39 is 10.0 Å². The molecule has 0 bridgehead atoms. The van der Waals surface area contributed by atoms with E-state index in [1.165, 1.54) is 16.8 Å². The van der Waals surface area contributed by atoms with Gasteiger partial charge in [0.2, 0.25) is 15.9 Å². The molecule has 10 heteroatoms. The molecule has 2 aromatic rings. The molecule has 2 aliphatic rings. The molecule has 2 saturated carbocycles. The quantitative estimate of drug-likeness (QED) is 0.638. The van der Waals surface area contributed by atoms with Crippen molar-refractivity contribution < 1.29 is 30.3 Å². The maximum absolute atomic E-state index is 11.9. The number of amides is 1. The van der Waals surface area contributed by atoms with Gasteiger partial charge < -0.3 is 5.32 Å². The molecule has 0 atom stereocenters. The Kier molecular flexibility index (Phi) is 9.48. The van der Waals surface area contributed by atoms with Crippen molar-refractivity contribution in [1.29, 1.82) is 0 Å². The summed E-state index contributed by atoms with van der Waals surface area (Å²) in [6.45, 7) is 0.207. The standard InChI is InChI=1S/C15H14N5O3S.C5H5.Fe/c16-24(22,23)14-7-3-6-13(8-14)20-10-12(18-19-20)9-17-15(21)11-4-1-2-5-11;1-2-4-5-3-1;/h1-8,10H,9H2,(H,17,21)(H2,16,22,23);1-5H;/q;;+2. The largest absolute Gasteiger partial charge is 2.00 e. The van der Waals surface area contributed by atoms with Gasteiger partial charge in [-0.3, -0.25) is 4.79 Å². The maximum Gasteiger partial charge on any atom is 2.00 e. The van der Waals surface area contributed by atoms with Gasteiger partial charge >= 0.3 is 17.1 Å². The Morgan fingerprint density at radius 1 is 1.03 bits per heavy atom. The Morgan fingerprint density at radius 2 is 1.67 bits per heavy atom. The van der Waals surface area contributed by atoms with Gasteiger partial charge in [0.1, 0.15) is 5.69 Å². The number of benzene rings is 1. The van der Waals surface area contributed by atoms with Gasteiger partial charge in [0.05, 0.1) is 29.2 Å². The third-order valence-corrected chi connectivity index (χ3v) is 4.77. The molecule has 1 amide bonds. The van der Waals surface area contributed by atoms with Crippen LogP contribution in [0.1, 0.15) is 5.69 Å².